The summed E-state index contributed by atoms with van der Waals surface area (Å²) in [4.78, 5) is 51.1. The van der Waals surface area contributed by atoms with Crippen molar-refractivity contribution in [2.45, 2.75) is 88.6 Å². The maximum Gasteiger partial charge on any atom is 0.319 e. The Morgan fingerprint density at radius 3 is 2.58 bits per heavy atom. The third-order valence-electron chi connectivity index (χ3n) is 10.2. The topological polar surface area (TPSA) is 107 Å². The van der Waals surface area contributed by atoms with Crippen LogP contribution >= 0.6 is 11.8 Å². The second kappa shape index (κ2) is 8.98. The molecule has 0 radical (unpaired) electrons. The molecule has 0 amide bonds. The van der Waals surface area contributed by atoms with E-state index in [0.29, 0.717) is 6.42 Å². The molecule has 0 aromatic rings. The number of halogens is 2. The van der Waals surface area contributed by atoms with Gasteiger partial charge >= 0.3 is 11.9 Å². The summed E-state index contributed by atoms with van der Waals surface area (Å²) in [5, 5.41) is 10.3. The second-order valence-corrected chi connectivity index (χ2v) is 13.1. The molecular formula is C28H34F2O7S. The van der Waals surface area contributed by atoms with Crippen molar-refractivity contribution in [3.8, 4) is 0 Å². The standard InChI is InChI=1S/C28H34F2O7S/c1-5-22(33)37-28(24(35)38-20-7-9-36-23(20)34)14(2)10-16-17-12-19(29)18-11-15(31)6-8-25(18,3)27(17,30)21(32)13-26(16,28)4/h6,8,11,14,16-17,19-21,32H,5,7,9-10,12-13H2,1-4H3/t14-,16+,17+,19+,20?,21+,25+,26+,27+,28-/m1/s1. The Balaban J connectivity index is 1.61. The van der Waals surface area contributed by atoms with Gasteiger partial charge in [0.05, 0.1) is 12.7 Å². The van der Waals surface area contributed by atoms with Crippen molar-refractivity contribution in [2.75, 3.05) is 6.61 Å². The van der Waals surface area contributed by atoms with Gasteiger partial charge in [0.15, 0.2) is 17.1 Å². The summed E-state index contributed by atoms with van der Waals surface area (Å²) in [6.07, 6.45) is 0.586. The van der Waals surface area contributed by atoms with E-state index >= 15 is 8.78 Å². The molecule has 4 fully saturated rings. The number of carbonyl (C=O) groups excluding carboxylic acids is 4. The highest BCUT2D eigenvalue weighted by atomic mass is 32.2. The van der Waals surface area contributed by atoms with Crippen molar-refractivity contribution in [3.63, 3.8) is 0 Å². The molecule has 1 N–H and O–H groups in total. The number of allylic oxidation sites excluding steroid dienone is 4. The molecule has 208 valence electrons. The largest absolute Gasteiger partial charge is 0.465 e. The van der Waals surface area contributed by atoms with Crippen LogP contribution in [0.4, 0.5) is 8.78 Å². The predicted molar refractivity (Wildman–Crippen MR) is 134 cm³/mol. The van der Waals surface area contributed by atoms with Crippen LogP contribution in [0.3, 0.4) is 0 Å². The van der Waals surface area contributed by atoms with Crippen molar-refractivity contribution < 1.29 is 42.5 Å². The lowest BCUT2D eigenvalue weighted by Gasteiger charge is -2.63. The van der Waals surface area contributed by atoms with Crippen molar-refractivity contribution >= 4 is 34.6 Å². The van der Waals surface area contributed by atoms with Gasteiger partial charge in [-0.1, -0.05) is 38.6 Å². The van der Waals surface area contributed by atoms with E-state index in [1.54, 1.807) is 20.8 Å². The van der Waals surface area contributed by atoms with Crippen LogP contribution in [-0.4, -0.2) is 63.3 Å². The molecule has 1 heterocycles. The van der Waals surface area contributed by atoms with Gasteiger partial charge in [-0.05, 0) is 49.8 Å². The summed E-state index contributed by atoms with van der Waals surface area (Å²) >= 11 is 0.772. The summed E-state index contributed by atoms with van der Waals surface area (Å²) in [5.74, 6) is -3.76. The van der Waals surface area contributed by atoms with E-state index in [-0.39, 0.29) is 37.9 Å². The first-order valence-corrected chi connectivity index (χ1v) is 14.2. The van der Waals surface area contributed by atoms with Crippen LogP contribution < -0.4 is 0 Å². The van der Waals surface area contributed by atoms with Gasteiger partial charge in [0.25, 0.3) is 0 Å². The van der Waals surface area contributed by atoms with Gasteiger partial charge in [-0.25, -0.2) is 8.78 Å². The Morgan fingerprint density at radius 1 is 1.24 bits per heavy atom. The fourth-order valence-corrected chi connectivity index (χ4v) is 9.56. The zero-order valence-electron chi connectivity index (χ0n) is 22.0. The number of carbonyl (C=O) groups is 4. The average Bonchev–Trinajstić information content (AvgIpc) is 3.35. The van der Waals surface area contributed by atoms with Gasteiger partial charge in [-0.3, -0.25) is 19.2 Å². The molecule has 0 spiro atoms. The van der Waals surface area contributed by atoms with Crippen LogP contribution in [0.5, 0.6) is 0 Å². The Bertz CT molecular complexity index is 1150. The summed E-state index contributed by atoms with van der Waals surface area (Å²) in [7, 11) is 0. The lowest BCUT2D eigenvalue weighted by molar-refractivity contribution is -0.228. The van der Waals surface area contributed by atoms with E-state index < -0.39 is 80.2 Å². The number of ketones is 1. The highest BCUT2D eigenvalue weighted by molar-refractivity contribution is 8.14. The minimum Gasteiger partial charge on any atom is -0.465 e. The molecule has 5 rings (SSSR count). The lowest BCUT2D eigenvalue weighted by Crippen LogP contribution is -2.70. The van der Waals surface area contributed by atoms with Gasteiger partial charge < -0.3 is 14.6 Å². The van der Waals surface area contributed by atoms with Crippen molar-refractivity contribution in [1.29, 1.82) is 0 Å². The first-order valence-electron chi connectivity index (χ1n) is 13.3. The molecule has 10 heteroatoms. The van der Waals surface area contributed by atoms with Crippen molar-refractivity contribution in [2.24, 2.45) is 28.6 Å². The normalized spacial score (nSPS) is 47.5. The molecule has 10 atom stereocenters. The predicted octanol–water partition coefficient (Wildman–Crippen LogP) is 3.82. The highest BCUT2D eigenvalue weighted by Crippen LogP contribution is 2.72. The van der Waals surface area contributed by atoms with Gasteiger partial charge in [0.2, 0.25) is 5.12 Å². The van der Waals surface area contributed by atoms with Crippen LogP contribution in [0.1, 0.15) is 59.8 Å². The first-order chi connectivity index (χ1) is 17.8. The van der Waals surface area contributed by atoms with Crippen molar-refractivity contribution in [1.82, 2.24) is 0 Å². The zero-order valence-corrected chi connectivity index (χ0v) is 22.8. The molecule has 0 aromatic heterocycles. The first kappa shape index (κ1) is 27.5. The summed E-state index contributed by atoms with van der Waals surface area (Å²) in [6, 6.07) is 0. The van der Waals surface area contributed by atoms with Gasteiger partial charge in [-0.2, -0.15) is 0 Å². The number of cyclic esters (lactones) is 1. The average molecular weight is 553 g/mol. The number of ether oxygens (including phenoxy) is 2. The number of hydrogen-bond acceptors (Lipinski definition) is 8. The fourth-order valence-electron chi connectivity index (χ4n) is 8.27. The number of aliphatic hydroxyl groups excluding tert-OH is 1. The minimum absolute atomic E-state index is 0.00469. The van der Waals surface area contributed by atoms with E-state index in [2.05, 4.69) is 0 Å². The van der Waals surface area contributed by atoms with Gasteiger partial charge in [-0.15, -0.1) is 0 Å². The SMILES string of the molecule is CCC(=O)O[C@@]1(C(=O)SC2CCOC2=O)[C@H](C)C[C@H]2[C@@H]3C[C@H](F)C4=CC(=O)C=C[C@]4(C)[C@@]3(F)[C@@H](O)C[C@@]21C. The molecule has 38 heavy (non-hydrogen) atoms. The molecule has 1 aliphatic heterocycles. The number of hydrogen-bond donors (Lipinski definition) is 1. The number of aliphatic hydroxyl groups is 1. The lowest BCUT2D eigenvalue weighted by atomic mass is 9.44. The Morgan fingerprint density at radius 2 is 1.95 bits per heavy atom. The molecule has 4 aliphatic carbocycles. The Labute approximate surface area is 224 Å². The number of esters is 2. The smallest absolute Gasteiger partial charge is 0.319 e. The van der Waals surface area contributed by atoms with E-state index in [0.717, 1.165) is 17.8 Å². The molecule has 3 saturated carbocycles. The van der Waals surface area contributed by atoms with Crippen LogP contribution in [0.25, 0.3) is 0 Å². The number of thioether (sulfide) groups is 1. The second-order valence-electron chi connectivity index (χ2n) is 11.9. The van der Waals surface area contributed by atoms with Gasteiger partial charge in [0, 0.05) is 35.5 Å². The Hall–Kier alpha value is -2.07. The number of fused-ring (bicyclic) bond motifs is 5. The molecular weight excluding hydrogens is 518 g/mol. The zero-order chi connectivity index (χ0) is 27.8. The number of alkyl halides is 2. The quantitative estimate of drug-likeness (QED) is 0.525. The monoisotopic (exact) mass is 552 g/mol. The summed E-state index contributed by atoms with van der Waals surface area (Å²) in [5.41, 5.74) is -6.81. The number of rotatable bonds is 4. The van der Waals surface area contributed by atoms with E-state index in [9.17, 15) is 24.3 Å². The molecule has 1 unspecified atom stereocenters. The third kappa shape index (κ3) is 3.41. The maximum absolute atomic E-state index is 17.4. The summed E-state index contributed by atoms with van der Waals surface area (Å²) < 4.78 is 44.2. The molecule has 0 aromatic carbocycles. The molecule has 0 bridgehead atoms. The van der Waals surface area contributed by atoms with E-state index in [1.165, 1.54) is 19.1 Å². The third-order valence-corrected chi connectivity index (χ3v) is 11.4. The Kier molecular flexibility index (Phi) is 6.50. The van der Waals surface area contributed by atoms with Crippen LogP contribution in [0.2, 0.25) is 0 Å². The van der Waals surface area contributed by atoms with Crippen LogP contribution in [-0.2, 0) is 28.7 Å². The molecule has 7 nitrogen and oxygen atoms in total. The maximum atomic E-state index is 17.4. The molecule has 5 aliphatic rings. The fraction of sp³-hybridized carbons (Fsp3) is 0.714. The summed E-state index contributed by atoms with van der Waals surface area (Å²) in [6.45, 7) is 6.78. The molecule has 1 saturated heterocycles. The minimum atomic E-state index is -2.31. The van der Waals surface area contributed by atoms with Crippen LogP contribution in [0.15, 0.2) is 23.8 Å². The highest BCUT2D eigenvalue weighted by Gasteiger charge is 2.78. The van der Waals surface area contributed by atoms with E-state index in [4.69, 9.17) is 9.47 Å². The van der Waals surface area contributed by atoms with Crippen molar-refractivity contribution in [3.05, 3.63) is 23.8 Å². The van der Waals surface area contributed by atoms with Gasteiger partial charge in [0.1, 0.15) is 11.4 Å². The van der Waals surface area contributed by atoms with E-state index in [1.807, 2.05) is 0 Å². The van der Waals surface area contributed by atoms with Crippen LogP contribution in [0, 0.1) is 28.6 Å².